The van der Waals surface area contributed by atoms with E-state index in [2.05, 4.69) is 0 Å². The standard InChI is InChI=1S/C13H18O6/c1-7(14)18-8-5-6-12(2)9(10(15)17-4)13(8,3)11(16)19-12/h8-9H,5-6H2,1-4H3/t8-,9+,12+,13-/m0/s1. The van der Waals surface area contributed by atoms with Crippen molar-refractivity contribution in [3.63, 3.8) is 0 Å². The lowest BCUT2D eigenvalue weighted by Gasteiger charge is -2.41. The highest BCUT2D eigenvalue weighted by atomic mass is 16.6. The molecule has 1 aliphatic heterocycles. The second-order valence-corrected chi connectivity index (χ2v) is 5.58. The molecule has 0 aromatic rings. The average Bonchev–Trinajstić information content (AvgIpc) is 2.46. The van der Waals surface area contributed by atoms with Crippen LogP contribution in [0.1, 0.15) is 33.6 Å². The number of methoxy groups -OCH3 is 1. The smallest absolute Gasteiger partial charge is 0.317 e. The predicted octanol–water partition coefficient (Wildman–Crippen LogP) is 0.823. The SMILES string of the molecule is COC(=O)[C@H]1[C@@]2(C)C(=O)O[C@]1(C)CC[C@@H]2OC(C)=O. The first kappa shape index (κ1) is 13.8. The van der Waals surface area contributed by atoms with Crippen molar-refractivity contribution in [2.75, 3.05) is 7.11 Å². The summed E-state index contributed by atoms with van der Waals surface area (Å²) in [5, 5.41) is 0. The Morgan fingerprint density at radius 2 is 2.00 bits per heavy atom. The Kier molecular flexibility index (Phi) is 3.07. The van der Waals surface area contributed by atoms with Gasteiger partial charge in [-0.3, -0.25) is 14.4 Å². The van der Waals surface area contributed by atoms with E-state index in [0.29, 0.717) is 12.8 Å². The zero-order valence-corrected chi connectivity index (χ0v) is 11.5. The van der Waals surface area contributed by atoms with Crippen LogP contribution in [0.15, 0.2) is 0 Å². The molecule has 2 bridgehead atoms. The van der Waals surface area contributed by atoms with E-state index in [9.17, 15) is 14.4 Å². The topological polar surface area (TPSA) is 78.9 Å². The molecule has 0 unspecified atom stereocenters. The molecule has 6 nitrogen and oxygen atoms in total. The van der Waals surface area contributed by atoms with E-state index in [1.807, 2.05) is 0 Å². The Hall–Kier alpha value is -1.59. The fourth-order valence-corrected chi connectivity index (χ4v) is 3.36. The molecule has 0 spiro atoms. The van der Waals surface area contributed by atoms with Crippen molar-refractivity contribution >= 4 is 17.9 Å². The third-order valence-electron chi connectivity index (χ3n) is 4.29. The molecule has 4 atom stereocenters. The summed E-state index contributed by atoms with van der Waals surface area (Å²) in [7, 11) is 1.27. The molecule has 1 saturated heterocycles. The second kappa shape index (κ2) is 4.21. The molecule has 2 rings (SSSR count). The maximum Gasteiger partial charge on any atom is 0.317 e. The van der Waals surface area contributed by atoms with Gasteiger partial charge in [0, 0.05) is 6.92 Å². The molecule has 0 radical (unpaired) electrons. The van der Waals surface area contributed by atoms with Crippen molar-refractivity contribution in [3.05, 3.63) is 0 Å². The van der Waals surface area contributed by atoms with Crippen LogP contribution < -0.4 is 0 Å². The fraction of sp³-hybridized carbons (Fsp3) is 0.769. The van der Waals surface area contributed by atoms with Crippen molar-refractivity contribution in [2.45, 2.75) is 45.3 Å². The molecule has 2 fully saturated rings. The van der Waals surface area contributed by atoms with E-state index in [1.54, 1.807) is 13.8 Å². The number of ether oxygens (including phenoxy) is 3. The van der Waals surface area contributed by atoms with Crippen LogP contribution in [0.4, 0.5) is 0 Å². The van der Waals surface area contributed by atoms with Gasteiger partial charge in [-0.05, 0) is 26.7 Å². The molecule has 1 saturated carbocycles. The van der Waals surface area contributed by atoms with E-state index < -0.39 is 40.9 Å². The zero-order valence-electron chi connectivity index (χ0n) is 11.5. The van der Waals surface area contributed by atoms with Crippen LogP contribution in [-0.4, -0.2) is 36.7 Å². The molecule has 1 aliphatic carbocycles. The van der Waals surface area contributed by atoms with E-state index in [1.165, 1.54) is 14.0 Å². The van der Waals surface area contributed by atoms with Gasteiger partial charge in [0.1, 0.15) is 23.0 Å². The molecule has 0 aromatic heterocycles. The molecule has 0 amide bonds. The van der Waals surface area contributed by atoms with Crippen LogP contribution in [0.25, 0.3) is 0 Å². The third kappa shape index (κ3) is 1.81. The first-order valence-electron chi connectivity index (χ1n) is 6.24. The number of carbonyl (C=O) groups excluding carboxylic acids is 3. The van der Waals surface area contributed by atoms with Gasteiger partial charge in [0.2, 0.25) is 0 Å². The van der Waals surface area contributed by atoms with Gasteiger partial charge in [-0.25, -0.2) is 0 Å². The summed E-state index contributed by atoms with van der Waals surface area (Å²) in [6.07, 6.45) is 0.301. The van der Waals surface area contributed by atoms with Gasteiger partial charge >= 0.3 is 17.9 Å². The summed E-state index contributed by atoms with van der Waals surface area (Å²) in [5.74, 6) is -2.24. The van der Waals surface area contributed by atoms with E-state index in [-0.39, 0.29) is 0 Å². The van der Waals surface area contributed by atoms with Gasteiger partial charge in [0.05, 0.1) is 7.11 Å². The summed E-state index contributed by atoms with van der Waals surface area (Å²) < 4.78 is 15.4. The summed E-state index contributed by atoms with van der Waals surface area (Å²) >= 11 is 0. The molecule has 0 N–H and O–H groups in total. The minimum Gasteiger partial charge on any atom is -0.469 e. The lowest BCUT2D eigenvalue weighted by atomic mass is 9.61. The van der Waals surface area contributed by atoms with E-state index in [4.69, 9.17) is 14.2 Å². The Bertz CT molecular complexity index is 444. The summed E-state index contributed by atoms with van der Waals surface area (Å²) in [6, 6.07) is 0. The van der Waals surface area contributed by atoms with Gasteiger partial charge in [-0.1, -0.05) is 0 Å². The van der Waals surface area contributed by atoms with Crippen LogP contribution in [0.2, 0.25) is 0 Å². The number of esters is 3. The first-order chi connectivity index (χ1) is 8.75. The third-order valence-corrected chi connectivity index (χ3v) is 4.29. The van der Waals surface area contributed by atoms with Crippen molar-refractivity contribution in [1.29, 1.82) is 0 Å². The Morgan fingerprint density at radius 1 is 1.37 bits per heavy atom. The second-order valence-electron chi connectivity index (χ2n) is 5.58. The lowest BCUT2D eigenvalue weighted by Crippen LogP contribution is -2.54. The van der Waals surface area contributed by atoms with Gasteiger partial charge in [0.15, 0.2) is 0 Å². The quantitative estimate of drug-likeness (QED) is 0.546. The molecule has 0 aromatic carbocycles. The molecular formula is C13H18O6. The maximum absolute atomic E-state index is 12.2. The highest BCUT2D eigenvalue weighted by Gasteiger charge is 2.70. The van der Waals surface area contributed by atoms with E-state index in [0.717, 1.165) is 0 Å². The van der Waals surface area contributed by atoms with Gasteiger partial charge in [0.25, 0.3) is 0 Å². The summed E-state index contributed by atoms with van der Waals surface area (Å²) in [4.78, 5) is 35.4. The number of hydrogen-bond acceptors (Lipinski definition) is 6. The minimum absolute atomic E-state index is 0.464. The van der Waals surface area contributed by atoms with Crippen LogP contribution in [0.3, 0.4) is 0 Å². The monoisotopic (exact) mass is 270 g/mol. The zero-order chi connectivity index (χ0) is 14.4. The number of carbonyl (C=O) groups is 3. The lowest BCUT2D eigenvalue weighted by molar-refractivity contribution is -0.173. The van der Waals surface area contributed by atoms with Crippen molar-refractivity contribution in [2.24, 2.45) is 11.3 Å². The first-order valence-corrected chi connectivity index (χ1v) is 6.24. The van der Waals surface area contributed by atoms with Gasteiger partial charge < -0.3 is 14.2 Å². The minimum atomic E-state index is -1.17. The van der Waals surface area contributed by atoms with Gasteiger partial charge in [-0.15, -0.1) is 0 Å². The van der Waals surface area contributed by atoms with Crippen LogP contribution in [0.5, 0.6) is 0 Å². The van der Waals surface area contributed by atoms with E-state index >= 15 is 0 Å². The van der Waals surface area contributed by atoms with Crippen LogP contribution >= 0.6 is 0 Å². The van der Waals surface area contributed by atoms with Crippen LogP contribution in [0, 0.1) is 11.3 Å². The predicted molar refractivity (Wildman–Crippen MR) is 62.9 cm³/mol. The normalized spacial score (nSPS) is 40.5. The molecule has 106 valence electrons. The number of rotatable bonds is 2. The maximum atomic E-state index is 12.2. The Morgan fingerprint density at radius 3 is 2.53 bits per heavy atom. The van der Waals surface area contributed by atoms with Crippen molar-refractivity contribution in [1.82, 2.24) is 0 Å². The molecule has 1 heterocycles. The van der Waals surface area contributed by atoms with Crippen molar-refractivity contribution in [3.8, 4) is 0 Å². The van der Waals surface area contributed by atoms with Gasteiger partial charge in [-0.2, -0.15) is 0 Å². The number of hydrogen-bond donors (Lipinski definition) is 0. The largest absolute Gasteiger partial charge is 0.469 e. The summed E-state index contributed by atoms with van der Waals surface area (Å²) in [6.45, 7) is 4.61. The average molecular weight is 270 g/mol. The molecular weight excluding hydrogens is 252 g/mol. The van der Waals surface area contributed by atoms with Crippen LogP contribution in [-0.2, 0) is 28.6 Å². The highest BCUT2D eigenvalue weighted by molar-refractivity contribution is 5.91. The number of fused-ring (bicyclic) bond motifs is 2. The highest BCUT2D eigenvalue weighted by Crippen LogP contribution is 2.56. The molecule has 2 aliphatic rings. The Labute approximate surface area is 111 Å². The molecule has 6 heteroatoms. The molecule has 19 heavy (non-hydrogen) atoms. The van der Waals surface area contributed by atoms with Crippen molar-refractivity contribution < 1.29 is 28.6 Å². The fourth-order valence-electron chi connectivity index (χ4n) is 3.36. The Balaban J connectivity index is 2.44. The summed E-state index contributed by atoms with van der Waals surface area (Å²) in [5.41, 5.74) is -2.05.